The highest BCUT2D eigenvalue weighted by Crippen LogP contribution is 2.61. The van der Waals surface area contributed by atoms with E-state index < -0.39 is 0 Å². The monoisotopic (exact) mass is 356 g/mol. The van der Waals surface area contributed by atoms with Crippen LogP contribution in [-0.2, 0) is 0 Å². The predicted molar refractivity (Wildman–Crippen MR) is 108 cm³/mol. The van der Waals surface area contributed by atoms with Crippen LogP contribution in [0.25, 0.3) is 4.85 Å². The fraction of sp³-hybridized carbons (Fsp3) is 0.818. The molecule has 0 aromatic heterocycles. The minimum atomic E-state index is -0.163. The molecule has 3 fully saturated rings. The van der Waals surface area contributed by atoms with Crippen LogP contribution in [-0.4, -0.2) is 16.2 Å². The van der Waals surface area contributed by atoms with Gasteiger partial charge in [0.05, 0.1) is 10.7 Å². The molecule has 3 saturated carbocycles. The first-order valence-corrected chi connectivity index (χ1v) is 10.3. The molecule has 3 aliphatic rings. The Hall–Kier alpha value is -0.970. The van der Waals surface area contributed by atoms with Crippen LogP contribution in [0.1, 0.15) is 66.2 Å². The standard InChI is InChI=1S/C22H32N2S/c1-14-7-8-18-20-17(9-10-22(18,5)23-6)15(2)11-16(19(14)20)12-21(3,4)24-13-25/h15-20H,1,7-12H2,2-5H3/t15?,16-,17?,18?,19?,20+,22-/m0/s1. The van der Waals surface area contributed by atoms with E-state index in [0.717, 1.165) is 37.5 Å². The van der Waals surface area contributed by atoms with Crippen LogP contribution in [0.3, 0.4) is 0 Å². The van der Waals surface area contributed by atoms with Crippen LogP contribution in [0.4, 0.5) is 0 Å². The largest absolute Gasteiger partial charge is 0.310 e. The number of hydrogen-bond acceptors (Lipinski definition) is 2. The molecule has 0 heterocycles. The summed E-state index contributed by atoms with van der Waals surface area (Å²) < 4.78 is 0. The smallest absolute Gasteiger partial charge is 0.233 e. The van der Waals surface area contributed by atoms with E-state index in [4.69, 9.17) is 18.8 Å². The molecule has 0 radical (unpaired) electrons. The molecular weight excluding hydrogens is 324 g/mol. The van der Waals surface area contributed by atoms with E-state index in [1.807, 2.05) is 0 Å². The molecule has 0 saturated heterocycles. The lowest BCUT2D eigenvalue weighted by molar-refractivity contribution is -0.0543. The minimum Gasteiger partial charge on any atom is -0.310 e. The van der Waals surface area contributed by atoms with E-state index in [9.17, 15) is 0 Å². The van der Waals surface area contributed by atoms with Gasteiger partial charge in [0.15, 0.2) is 0 Å². The Balaban J connectivity index is 1.96. The summed E-state index contributed by atoms with van der Waals surface area (Å²) in [7, 11) is 0. The summed E-state index contributed by atoms with van der Waals surface area (Å²) in [6.07, 6.45) is 6.89. The van der Waals surface area contributed by atoms with Gasteiger partial charge >= 0.3 is 0 Å². The number of aliphatic imine (C=N–C) groups is 1. The van der Waals surface area contributed by atoms with Crippen LogP contribution in [0.15, 0.2) is 17.1 Å². The lowest BCUT2D eigenvalue weighted by atomic mass is 9.46. The maximum Gasteiger partial charge on any atom is 0.233 e. The molecule has 0 bridgehead atoms. The van der Waals surface area contributed by atoms with E-state index in [2.05, 4.69) is 49.3 Å². The van der Waals surface area contributed by atoms with Gasteiger partial charge in [0.1, 0.15) is 0 Å². The Bertz CT molecular complexity index is 639. The first-order chi connectivity index (χ1) is 11.7. The van der Waals surface area contributed by atoms with Gasteiger partial charge in [0.25, 0.3) is 0 Å². The van der Waals surface area contributed by atoms with Gasteiger partial charge in [-0.05, 0) is 87.8 Å². The van der Waals surface area contributed by atoms with Gasteiger partial charge in [-0.1, -0.05) is 19.1 Å². The summed E-state index contributed by atoms with van der Waals surface area (Å²) in [5.74, 6) is 3.89. The van der Waals surface area contributed by atoms with Gasteiger partial charge in [-0.2, -0.15) is 0 Å². The topological polar surface area (TPSA) is 16.7 Å². The lowest BCUT2D eigenvalue weighted by Gasteiger charge is -2.57. The second-order valence-electron chi connectivity index (χ2n) is 9.77. The molecule has 2 nitrogen and oxygen atoms in total. The summed E-state index contributed by atoms with van der Waals surface area (Å²) in [5.41, 5.74) is 1.13. The molecule has 3 rings (SSSR count). The molecule has 0 aromatic carbocycles. The van der Waals surface area contributed by atoms with Crippen molar-refractivity contribution in [3.63, 3.8) is 0 Å². The third-order valence-corrected chi connectivity index (χ3v) is 7.77. The first kappa shape index (κ1) is 18.8. The summed E-state index contributed by atoms with van der Waals surface area (Å²) >= 11 is 4.87. The summed E-state index contributed by atoms with van der Waals surface area (Å²) in [4.78, 5) is 8.59. The zero-order chi connectivity index (χ0) is 18.4. The van der Waals surface area contributed by atoms with Gasteiger partial charge in [-0.3, -0.25) is 0 Å². The van der Waals surface area contributed by atoms with Crippen LogP contribution >= 0.6 is 12.2 Å². The van der Waals surface area contributed by atoms with Crippen LogP contribution in [0.2, 0.25) is 0 Å². The number of allylic oxidation sites excluding steroid dienone is 1. The molecule has 4 unspecified atom stereocenters. The van der Waals surface area contributed by atoms with Gasteiger partial charge in [0.2, 0.25) is 5.54 Å². The Kier molecular flexibility index (Phi) is 5.00. The average molecular weight is 357 g/mol. The zero-order valence-corrected chi connectivity index (χ0v) is 17.0. The van der Waals surface area contributed by atoms with Gasteiger partial charge in [0, 0.05) is 19.3 Å². The number of rotatable bonds is 3. The number of hydrogen-bond donors (Lipinski definition) is 0. The molecule has 0 aliphatic heterocycles. The molecule has 0 spiro atoms. The maximum absolute atomic E-state index is 7.84. The third kappa shape index (κ3) is 3.24. The molecule has 136 valence electrons. The molecule has 25 heavy (non-hydrogen) atoms. The normalized spacial score (nSPS) is 43.6. The van der Waals surface area contributed by atoms with Gasteiger partial charge in [-0.15, -0.1) is 0 Å². The SMILES string of the molecule is [C-]#[N+][C@@]1(C)CCC2C(C)C[C@@H](CC(C)(C)N=C=S)C3C(=C)CCC1[C@@H]23. The fourth-order valence-corrected chi connectivity index (χ4v) is 6.87. The molecule has 0 N–H and O–H groups in total. The number of nitrogens with zero attached hydrogens (tertiary/aromatic N) is 2. The van der Waals surface area contributed by atoms with E-state index in [0.29, 0.717) is 23.7 Å². The second-order valence-corrected chi connectivity index (χ2v) is 9.95. The van der Waals surface area contributed by atoms with Crippen LogP contribution in [0, 0.1) is 42.1 Å². The molecule has 7 atom stereocenters. The number of isothiocyanates is 1. The van der Waals surface area contributed by atoms with E-state index in [-0.39, 0.29) is 11.1 Å². The summed E-state index contributed by atoms with van der Waals surface area (Å²) in [5, 5.41) is 2.60. The van der Waals surface area contributed by atoms with Crippen molar-refractivity contribution < 1.29 is 0 Å². The van der Waals surface area contributed by atoms with Crippen molar-refractivity contribution >= 4 is 17.4 Å². The highest BCUT2D eigenvalue weighted by Gasteiger charge is 2.59. The molecule has 3 heteroatoms. The van der Waals surface area contributed by atoms with E-state index in [1.165, 1.54) is 18.4 Å². The second kappa shape index (κ2) is 6.64. The molecular formula is C22H32N2S. The maximum atomic E-state index is 7.84. The minimum absolute atomic E-state index is 0.149. The van der Waals surface area contributed by atoms with E-state index >= 15 is 0 Å². The summed E-state index contributed by atoms with van der Waals surface area (Å²) in [6.45, 7) is 21.4. The Labute approximate surface area is 159 Å². The number of thiocarbonyl (C=S) groups is 1. The predicted octanol–water partition coefficient (Wildman–Crippen LogP) is 6.20. The first-order valence-electron chi connectivity index (χ1n) is 9.88. The lowest BCUT2D eigenvalue weighted by Crippen LogP contribution is -2.55. The van der Waals surface area contributed by atoms with Gasteiger partial charge in [-0.25, -0.2) is 11.6 Å². The third-order valence-electron chi connectivity index (χ3n) is 7.68. The Morgan fingerprint density at radius 2 is 2.16 bits per heavy atom. The average Bonchev–Trinajstić information content (AvgIpc) is 2.53. The van der Waals surface area contributed by atoms with Crippen LogP contribution in [0.5, 0.6) is 0 Å². The Morgan fingerprint density at radius 1 is 1.44 bits per heavy atom. The van der Waals surface area contributed by atoms with Crippen molar-refractivity contribution in [2.75, 3.05) is 0 Å². The summed E-state index contributed by atoms with van der Waals surface area (Å²) in [6, 6.07) is 0. The van der Waals surface area contributed by atoms with Crippen molar-refractivity contribution in [3.8, 4) is 0 Å². The van der Waals surface area contributed by atoms with Crippen molar-refractivity contribution in [2.45, 2.75) is 77.3 Å². The Morgan fingerprint density at radius 3 is 2.80 bits per heavy atom. The van der Waals surface area contributed by atoms with Crippen molar-refractivity contribution in [3.05, 3.63) is 23.6 Å². The van der Waals surface area contributed by atoms with Crippen molar-refractivity contribution in [1.82, 2.24) is 0 Å². The molecule has 3 aliphatic carbocycles. The van der Waals surface area contributed by atoms with Crippen LogP contribution < -0.4 is 0 Å². The van der Waals surface area contributed by atoms with Crippen molar-refractivity contribution in [1.29, 1.82) is 0 Å². The zero-order valence-electron chi connectivity index (χ0n) is 16.2. The highest BCUT2D eigenvalue weighted by atomic mass is 32.1. The fourth-order valence-electron chi connectivity index (χ4n) is 6.62. The van der Waals surface area contributed by atoms with Gasteiger partial charge < -0.3 is 4.85 Å². The highest BCUT2D eigenvalue weighted by molar-refractivity contribution is 7.78. The molecule has 0 aromatic rings. The van der Waals surface area contributed by atoms with Crippen molar-refractivity contribution in [2.24, 2.45) is 40.5 Å². The molecule has 0 amide bonds. The quantitative estimate of drug-likeness (QED) is 0.254. The van der Waals surface area contributed by atoms with E-state index in [1.54, 1.807) is 0 Å².